The van der Waals surface area contributed by atoms with Crippen molar-refractivity contribution in [1.82, 2.24) is 5.32 Å². The van der Waals surface area contributed by atoms with E-state index in [0.29, 0.717) is 18.0 Å². The van der Waals surface area contributed by atoms with E-state index in [0.717, 1.165) is 28.2 Å². The van der Waals surface area contributed by atoms with Crippen LogP contribution in [0.15, 0.2) is 30.3 Å². The zero-order valence-corrected chi connectivity index (χ0v) is 13.6. The maximum atomic E-state index is 12.1. The van der Waals surface area contributed by atoms with Gasteiger partial charge in [0.2, 0.25) is 0 Å². The number of para-hydroxylation sites is 1. The van der Waals surface area contributed by atoms with E-state index in [2.05, 4.69) is 5.32 Å². The molecule has 0 saturated heterocycles. The number of amides is 1. The van der Waals surface area contributed by atoms with Crippen LogP contribution in [-0.4, -0.2) is 25.0 Å². The van der Waals surface area contributed by atoms with Crippen molar-refractivity contribution >= 4 is 23.2 Å². The largest absolute Gasteiger partial charge is 0.488 e. The van der Waals surface area contributed by atoms with Gasteiger partial charge >= 0.3 is 5.97 Å². The lowest BCUT2D eigenvalue weighted by atomic mass is 10.1. The Morgan fingerprint density at radius 1 is 1.35 bits per heavy atom. The van der Waals surface area contributed by atoms with Crippen LogP contribution in [0.1, 0.15) is 28.6 Å². The first-order valence-electron chi connectivity index (χ1n) is 7.47. The zero-order valence-electron chi connectivity index (χ0n) is 12.8. The van der Waals surface area contributed by atoms with E-state index >= 15 is 0 Å². The first kappa shape index (κ1) is 15.6. The molecule has 0 aliphatic carbocycles. The Kier molecular flexibility index (Phi) is 4.62. The number of fused-ring (bicyclic) bond motifs is 3. The predicted molar refractivity (Wildman–Crippen MR) is 87.7 cm³/mol. The minimum Gasteiger partial charge on any atom is -0.488 e. The number of thiophene rings is 1. The van der Waals surface area contributed by atoms with E-state index in [1.165, 1.54) is 11.3 Å². The van der Waals surface area contributed by atoms with Gasteiger partial charge in [-0.25, -0.2) is 4.79 Å². The topological polar surface area (TPSA) is 64.6 Å². The summed E-state index contributed by atoms with van der Waals surface area (Å²) in [5.74, 6) is 0.0597. The van der Waals surface area contributed by atoms with Crippen LogP contribution in [0.5, 0.6) is 5.75 Å². The van der Waals surface area contributed by atoms with Gasteiger partial charge in [0.1, 0.15) is 17.2 Å². The molecular formula is C17H17NO4S. The molecule has 0 fully saturated rings. The summed E-state index contributed by atoms with van der Waals surface area (Å²) in [6.07, 6.45) is 0.844. The van der Waals surface area contributed by atoms with Crippen LogP contribution in [0.4, 0.5) is 0 Å². The molecule has 2 heterocycles. The number of carbonyl (C=O) groups is 2. The number of hydrogen-bond donors (Lipinski definition) is 1. The molecule has 1 amide bonds. The zero-order chi connectivity index (χ0) is 16.2. The predicted octanol–water partition coefficient (Wildman–Crippen LogP) is 2.99. The number of ether oxygens (including phenoxy) is 2. The molecule has 1 aliphatic heterocycles. The molecule has 1 N–H and O–H groups in total. The third-order valence-corrected chi connectivity index (χ3v) is 4.62. The number of nitrogens with one attached hydrogen (secondary N) is 1. The van der Waals surface area contributed by atoms with E-state index in [1.54, 1.807) is 6.07 Å². The molecule has 0 unspecified atom stereocenters. The van der Waals surface area contributed by atoms with Crippen LogP contribution >= 0.6 is 11.3 Å². The second kappa shape index (κ2) is 6.83. The van der Waals surface area contributed by atoms with Gasteiger partial charge in [0, 0.05) is 22.5 Å². The van der Waals surface area contributed by atoms with Gasteiger partial charge in [0.25, 0.3) is 5.91 Å². The fraction of sp³-hybridized carbons (Fsp3) is 0.294. The van der Waals surface area contributed by atoms with Crippen molar-refractivity contribution in [1.29, 1.82) is 0 Å². The molecule has 0 saturated carbocycles. The number of hydrogen-bond acceptors (Lipinski definition) is 5. The monoisotopic (exact) mass is 331 g/mol. The van der Waals surface area contributed by atoms with Gasteiger partial charge in [-0.3, -0.25) is 4.79 Å². The van der Waals surface area contributed by atoms with Crippen LogP contribution < -0.4 is 10.1 Å². The van der Waals surface area contributed by atoms with Crippen LogP contribution in [-0.2, 0) is 16.1 Å². The summed E-state index contributed by atoms with van der Waals surface area (Å²) in [6.45, 7) is 2.72. The van der Waals surface area contributed by atoms with Crippen LogP contribution in [0, 0.1) is 0 Å². The van der Waals surface area contributed by atoms with E-state index in [-0.39, 0.29) is 12.5 Å². The molecule has 2 aromatic rings. The van der Waals surface area contributed by atoms with E-state index in [9.17, 15) is 9.59 Å². The molecule has 3 rings (SSSR count). The quantitative estimate of drug-likeness (QED) is 0.856. The van der Waals surface area contributed by atoms with Gasteiger partial charge in [-0.15, -0.1) is 11.3 Å². The summed E-state index contributed by atoms with van der Waals surface area (Å²) in [6, 6.07) is 9.52. The number of esters is 1. The van der Waals surface area contributed by atoms with E-state index in [4.69, 9.17) is 9.47 Å². The Morgan fingerprint density at radius 2 is 2.17 bits per heavy atom. The van der Waals surface area contributed by atoms with Crippen molar-refractivity contribution in [2.24, 2.45) is 0 Å². The number of benzene rings is 1. The lowest BCUT2D eigenvalue weighted by Gasteiger charge is -2.16. The molecule has 0 radical (unpaired) electrons. The van der Waals surface area contributed by atoms with Gasteiger partial charge in [-0.1, -0.05) is 19.1 Å². The van der Waals surface area contributed by atoms with Crippen molar-refractivity contribution in [3.05, 3.63) is 40.8 Å². The third kappa shape index (κ3) is 3.37. The number of carbonyl (C=O) groups excluding carboxylic acids is 2. The Balaban J connectivity index is 1.70. The van der Waals surface area contributed by atoms with Crippen LogP contribution in [0.2, 0.25) is 0 Å². The molecule has 0 atom stereocenters. The van der Waals surface area contributed by atoms with Gasteiger partial charge < -0.3 is 14.8 Å². The van der Waals surface area contributed by atoms with Crippen molar-refractivity contribution in [2.45, 2.75) is 20.0 Å². The molecule has 0 bridgehead atoms. The molecule has 1 aliphatic rings. The SMILES string of the molecule is CCCNC(=O)COC(=O)c1cc2c(s1)-c1ccccc1OC2. The van der Waals surface area contributed by atoms with E-state index in [1.807, 2.05) is 31.2 Å². The smallest absolute Gasteiger partial charge is 0.348 e. The average molecular weight is 331 g/mol. The minimum absolute atomic E-state index is 0.255. The second-order valence-electron chi connectivity index (χ2n) is 5.18. The summed E-state index contributed by atoms with van der Waals surface area (Å²) in [4.78, 5) is 25.1. The lowest BCUT2D eigenvalue weighted by Crippen LogP contribution is -2.29. The third-order valence-electron chi connectivity index (χ3n) is 3.43. The maximum Gasteiger partial charge on any atom is 0.348 e. The summed E-state index contributed by atoms with van der Waals surface area (Å²) in [5, 5.41) is 2.67. The highest BCUT2D eigenvalue weighted by Crippen LogP contribution is 2.42. The Bertz CT molecular complexity index is 738. The van der Waals surface area contributed by atoms with Gasteiger partial charge in [0.05, 0.1) is 0 Å². The highest BCUT2D eigenvalue weighted by atomic mass is 32.1. The summed E-state index contributed by atoms with van der Waals surface area (Å²) in [7, 11) is 0. The second-order valence-corrected chi connectivity index (χ2v) is 6.23. The first-order valence-corrected chi connectivity index (χ1v) is 8.29. The fourth-order valence-corrected chi connectivity index (χ4v) is 3.41. The first-order chi connectivity index (χ1) is 11.2. The van der Waals surface area contributed by atoms with Gasteiger partial charge in [-0.2, -0.15) is 0 Å². The van der Waals surface area contributed by atoms with Crippen molar-refractivity contribution in [3.63, 3.8) is 0 Å². The summed E-state index contributed by atoms with van der Waals surface area (Å²) < 4.78 is 10.7. The van der Waals surface area contributed by atoms with Gasteiger partial charge in [0.15, 0.2) is 6.61 Å². The Labute approximate surface area is 138 Å². The molecule has 23 heavy (non-hydrogen) atoms. The van der Waals surface area contributed by atoms with Crippen molar-refractivity contribution < 1.29 is 19.1 Å². The average Bonchev–Trinajstić information content (AvgIpc) is 3.02. The Morgan fingerprint density at radius 3 is 3.00 bits per heavy atom. The minimum atomic E-state index is -0.478. The lowest BCUT2D eigenvalue weighted by molar-refractivity contribution is -0.124. The maximum absolute atomic E-state index is 12.1. The molecule has 0 spiro atoms. The van der Waals surface area contributed by atoms with Gasteiger partial charge in [-0.05, 0) is 24.6 Å². The van der Waals surface area contributed by atoms with Crippen molar-refractivity contribution in [2.75, 3.05) is 13.2 Å². The standard InChI is InChI=1S/C17H17NO4S/c1-2-7-18-15(19)10-22-17(20)14-8-11-9-21-13-6-4-3-5-12(13)16(11)23-14/h3-6,8H,2,7,9-10H2,1H3,(H,18,19). The molecular weight excluding hydrogens is 314 g/mol. The van der Waals surface area contributed by atoms with E-state index < -0.39 is 5.97 Å². The summed E-state index contributed by atoms with van der Waals surface area (Å²) in [5.41, 5.74) is 1.95. The highest BCUT2D eigenvalue weighted by molar-refractivity contribution is 7.17. The molecule has 1 aromatic heterocycles. The molecule has 5 nitrogen and oxygen atoms in total. The normalized spacial score (nSPS) is 11.9. The van der Waals surface area contributed by atoms with Crippen LogP contribution in [0.25, 0.3) is 10.4 Å². The molecule has 1 aromatic carbocycles. The van der Waals surface area contributed by atoms with Crippen molar-refractivity contribution in [3.8, 4) is 16.2 Å². The van der Waals surface area contributed by atoms with Crippen LogP contribution in [0.3, 0.4) is 0 Å². The summed E-state index contributed by atoms with van der Waals surface area (Å²) >= 11 is 1.37. The Hall–Kier alpha value is -2.34. The fourth-order valence-electron chi connectivity index (χ4n) is 2.32. The highest BCUT2D eigenvalue weighted by Gasteiger charge is 2.23. The number of rotatable bonds is 5. The molecule has 6 heteroatoms. The molecule has 120 valence electrons.